The molecule has 8 N–H and O–H groups in total. The summed E-state index contributed by atoms with van der Waals surface area (Å²) >= 11 is 0. The van der Waals surface area contributed by atoms with Crippen LogP contribution in [0.3, 0.4) is 0 Å². The number of benzene rings is 7. The molecule has 0 aliphatic carbocycles. The summed E-state index contributed by atoms with van der Waals surface area (Å²) in [6.45, 7) is 0. The van der Waals surface area contributed by atoms with E-state index >= 15 is 0 Å². The Morgan fingerprint density at radius 2 is 0.722 bits per heavy atom. The molecule has 0 spiro atoms. The molecule has 7 aromatic rings. The van der Waals surface area contributed by atoms with Crippen LogP contribution in [-0.4, -0.2) is 82.2 Å². The van der Waals surface area contributed by atoms with E-state index in [-0.39, 0.29) is 22.7 Å². The summed E-state index contributed by atoms with van der Waals surface area (Å²) in [5.41, 5.74) is -5.76. The van der Waals surface area contributed by atoms with Crippen LogP contribution in [0.25, 0.3) is 21.5 Å². The molecule has 0 bridgehead atoms. The molecule has 72 heavy (non-hydrogen) atoms. The first-order chi connectivity index (χ1) is 33.5. The number of nitro groups is 2. The van der Waals surface area contributed by atoms with E-state index in [2.05, 4.69) is 40.9 Å². The number of non-ortho nitro benzene ring substituents is 2. The van der Waals surface area contributed by atoms with Crippen LogP contribution in [0, 0.1) is 20.2 Å². The lowest BCUT2D eigenvalue weighted by Crippen LogP contribution is -2.01. The third-order valence-corrected chi connectivity index (χ3v) is 13.0. The Bertz CT molecular complexity index is 3820. The van der Waals surface area contributed by atoms with Gasteiger partial charge in [0.1, 0.15) is 44.0 Å². The average Bonchev–Trinajstić information content (AvgIpc) is 3.28. The fourth-order valence-electron chi connectivity index (χ4n) is 6.35. The van der Waals surface area contributed by atoms with Crippen molar-refractivity contribution in [1.82, 2.24) is 0 Å². The van der Waals surface area contributed by atoms with Crippen molar-refractivity contribution >= 4 is 119 Å². The third-order valence-electron chi connectivity index (χ3n) is 9.61. The van der Waals surface area contributed by atoms with Gasteiger partial charge in [0.25, 0.3) is 51.8 Å². The van der Waals surface area contributed by atoms with E-state index in [1.807, 2.05) is 0 Å². The van der Waals surface area contributed by atoms with Crippen molar-refractivity contribution in [2.24, 2.45) is 40.9 Å². The van der Waals surface area contributed by atoms with Crippen molar-refractivity contribution in [2.75, 3.05) is 0 Å². The van der Waals surface area contributed by atoms with Gasteiger partial charge in [-0.3, -0.25) is 38.4 Å². The number of phenols is 4. The minimum absolute atomic E-state index is 0.130. The van der Waals surface area contributed by atoms with Crippen LogP contribution < -0.4 is 0 Å². The molecule has 0 fully saturated rings. The van der Waals surface area contributed by atoms with Gasteiger partial charge in [0.05, 0.1) is 53.2 Å². The van der Waals surface area contributed by atoms with Gasteiger partial charge in [0, 0.05) is 36.4 Å². The van der Waals surface area contributed by atoms with Crippen LogP contribution in [0.4, 0.5) is 56.9 Å². The molecular weight excluding hydrogens is 1040 g/mol. The van der Waals surface area contributed by atoms with E-state index < -0.39 is 149 Å². The second kappa shape index (κ2) is 18.8. The molecule has 0 saturated heterocycles. The SMILES string of the molecule is O=[N+]([O-])c1ccc(N=Nc2c(S(=O)(=O)O)cc3cc(S(=O)(=O)O)cc(N=Nc4cc(N=Nc5cc(S(=O)(=O)O)cc6cc(S(=O)(=O)O)c(N=Nc7ccc([N+](=O)[O-])cc7)c(O)c56)c(O)cc4O)c3c2O)cc1. The second-order valence-electron chi connectivity index (χ2n) is 14.3. The summed E-state index contributed by atoms with van der Waals surface area (Å²) < 4.78 is 139. The number of hydrogen-bond acceptors (Lipinski definition) is 24. The largest absolute Gasteiger partial charge is 0.505 e. The van der Waals surface area contributed by atoms with Crippen molar-refractivity contribution in [1.29, 1.82) is 0 Å². The zero-order valence-corrected chi connectivity index (χ0v) is 38.1. The van der Waals surface area contributed by atoms with Gasteiger partial charge >= 0.3 is 0 Å². The smallest absolute Gasteiger partial charge is 0.296 e. The van der Waals surface area contributed by atoms with Crippen molar-refractivity contribution in [3.05, 3.63) is 117 Å². The topological polar surface area (TPSA) is 484 Å². The first kappa shape index (κ1) is 51.0. The molecular formula is C38H24N10O20S4. The van der Waals surface area contributed by atoms with Gasteiger partial charge < -0.3 is 20.4 Å². The van der Waals surface area contributed by atoms with Gasteiger partial charge in [-0.1, -0.05) is 0 Å². The second-order valence-corrected chi connectivity index (χ2v) is 19.9. The molecule has 30 nitrogen and oxygen atoms in total. The third kappa shape index (κ3) is 10.8. The maximum Gasteiger partial charge on any atom is 0.296 e. The molecule has 7 aromatic carbocycles. The summed E-state index contributed by atoms with van der Waals surface area (Å²) in [6.07, 6.45) is 0. The lowest BCUT2D eigenvalue weighted by molar-refractivity contribution is -0.385. The normalized spacial score (nSPS) is 12.8. The molecule has 7 rings (SSSR count). The van der Waals surface area contributed by atoms with Gasteiger partial charge in [0.15, 0.2) is 11.5 Å². The van der Waals surface area contributed by atoms with E-state index in [0.717, 1.165) is 54.6 Å². The van der Waals surface area contributed by atoms with Crippen LogP contribution in [0.15, 0.2) is 158 Å². The van der Waals surface area contributed by atoms with Gasteiger partial charge in [-0.2, -0.15) is 43.9 Å². The van der Waals surface area contributed by atoms with Crippen molar-refractivity contribution < 1.29 is 82.2 Å². The highest BCUT2D eigenvalue weighted by Crippen LogP contribution is 2.49. The molecule has 0 atom stereocenters. The fourth-order valence-corrected chi connectivity index (χ4v) is 8.74. The first-order valence-corrected chi connectivity index (χ1v) is 24.6. The molecule has 370 valence electrons. The van der Waals surface area contributed by atoms with E-state index in [1.165, 1.54) is 0 Å². The summed E-state index contributed by atoms with van der Waals surface area (Å²) in [7, 11) is -21.0. The number of fused-ring (bicyclic) bond motifs is 2. The number of nitrogens with zero attached hydrogens (tertiary/aromatic N) is 10. The predicted octanol–water partition coefficient (Wildman–Crippen LogP) is 9.28. The molecule has 0 heterocycles. The summed E-state index contributed by atoms with van der Waals surface area (Å²) in [6, 6.07) is 13.5. The van der Waals surface area contributed by atoms with Crippen LogP contribution in [0.2, 0.25) is 0 Å². The fraction of sp³-hybridized carbons (Fsp3) is 0. The number of rotatable bonds is 14. The molecule has 0 amide bonds. The average molecular weight is 1070 g/mol. The van der Waals surface area contributed by atoms with Crippen LogP contribution in [0.5, 0.6) is 23.0 Å². The van der Waals surface area contributed by atoms with E-state index in [9.17, 15) is 92.5 Å². The first-order valence-electron chi connectivity index (χ1n) is 18.8. The molecule has 0 aliphatic heterocycles. The highest BCUT2D eigenvalue weighted by molar-refractivity contribution is 7.86. The quantitative estimate of drug-likeness (QED) is 0.0217. The molecule has 0 aliphatic rings. The van der Waals surface area contributed by atoms with Crippen molar-refractivity contribution in [2.45, 2.75) is 19.6 Å². The van der Waals surface area contributed by atoms with Gasteiger partial charge in [-0.15, -0.1) is 30.7 Å². The highest BCUT2D eigenvalue weighted by atomic mass is 32.2. The molecule has 0 aromatic heterocycles. The van der Waals surface area contributed by atoms with Crippen LogP contribution in [0.1, 0.15) is 0 Å². The van der Waals surface area contributed by atoms with Crippen LogP contribution in [-0.2, 0) is 40.5 Å². The van der Waals surface area contributed by atoms with Gasteiger partial charge in [-0.05, 0) is 71.4 Å². The van der Waals surface area contributed by atoms with Crippen molar-refractivity contribution in [3.8, 4) is 23.0 Å². The molecule has 0 saturated carbocycles. The lowest BCUT2D eigenvalue weighted by atomic mass is 10.1. The Morgan fingerprint density at radius 1 is 0.389 bits per heavy atom. The van der Waals surface area contributed by atoms with Gasteiger partial charge in [0.2, 0.25) is 0 Å². The number of phenolic OH excluding ortho intramolecular Hbond substituents is 4. The molecule has 0 unspecified atom stereocenters. The lowest BCUT2D eigenvalue weighted by Gasteiger charge is -2.12. The predicted molar refractivity (Wildman–Crippen MR) is 243 cm³/mol. The maximum absolute atomic E-state index is 12.5. The van der Waals surface area contributed by atoms with E-state index in [4.69, 9.17) is 0 Å². The number of hydrogen-bond donors (Lipinski definition) is 8. The number of azo groups is 4. The summed E-state index contributed by atoms with van der Waals surface area (Å²) in [5, 5.41) is 94.3. The summed E-state index contributed by atoms with van der Waals surface area (Å²) in [5.74, 6) is -4.13. The maximum atomic E-state index is 12.5. The standard InChI is InChI=1S/C38H24N10O20S4/c49-29-16-30(50)26(42-44-28-14-24(70(60,61)62)10-18-12-32(72(66,67)68)36(38(52)34(18)28)46-40-20-3-7-22(8-4-20)48(55)56)15-25(29)41-43-27-13-23(69(57,58)59)9-17-11-31(71(63,64)65)35(37(51)33(17)27)45-39-19-1-5-21(6-2-19)47(53)54/h1-16,49-52H,(H,57,58,59)(H,60,61,62)(H,63,64,65)(H,66,67,68). The summed E-state index contributed by atoms with van der Waals surface area (Å²) in [4.78, 5) is 16.4. The number of aromatic hydroxyl groups is 4. The Morgan fingerprint density at radius 3 is 1.03 bits per heavy atom. The highest BCUT2D eigenvalue weighted by Gasteiger charge is 2.28. The Balaban J connectivity index is 1.37. The van der Waals surface area contributed by atoms with Crippen LogP contribution >= 0.6 is 0 Å². The van der Waals surface area contributed by atoms with E-state index in [0.29, 0.717) is 42.5 Å². The Kier molecular flexibility index (Phi) is 13.3. The minimum atomic E-state index is -5.34. The Labute approximate surface area is 400 Å². The monoisotopic (exact) mass is 1070 g/mol. The number of nitro benzene ring substituents is 2. The Hall–Kier alpha value is -8.90. The van der Waals surface area contributed by atoms with E-state index in [1.54, 1.807) is 0 Å². The molecule has 34 heteroatoms. The zero-order chi connectivity index (χ0) is 52.8. The molecule has 0 radical (unpaired) electrons. The van der Waals surface area contributed by atoms with Crippen molar-refractivity contribution in [3.63, 3.8) is 0 Å². The zero-order valence-electron chi connectivity index (χ0n) is 34.8. The minimum Gasteiger partial charge on any atom is -0.505 e. The van der Waals surface area contributed by atoms with Gasteiger partial charge in [-0.25, -0.2) is 0 Å².